The molecule has 0 unspecified atom stereocenters. The predicted octanol–water partition coefficient (Wildman–Crippen LogP) is 5.76. The summed E-state index contributed by atoms with van der Waals surface area (Å²) in [6.45, 7) is 1.68. The van der Waals surface area contributed by atoms with Crippen LogP contribution in [-0.2, 0) is 4.79 Å². The molecule has 0 radical (unpaired) electrons. The lowest BCUT2D eigenvalue weighted by atomic mass is 10.1. The van der Waals surface area contributed by atoms with Gasteiger partial charge in [-0.3, -0.25) is 9.20 Å². The lowest BCUT2D eigenvalue weighted by Crippen LogP contribution is -2.20. The Morgan fingerprint density at radius 3 is 2.65 bits per heavy atom. The molecule has 0 aliphatic rings. The van der Waals surface area contributed by atoms with E-state index >= 15 is 0 Å². The molecule has 0 aliphatic heterocycles. The van der Waals surface area contributed by atoms with Gasteiger partial charge < -0.3 is 10.1 Å². The van der Waals surface area contributed by atoms with Crippen molar-refractivity contribution in [1.82, 2.24) is 9.38 Å². The molecule has 0 fully saturated rings. The van der Waals surface area contributed by atoms with Crippen molar-refractivity contribution in [3.05, 3.63) is 83.4 Å². The number of amides is 1. The fraction of sp³-hybridized carbons (Fsp3) is 0.0833. The third kappa shape index (κ3) is 3.35. The van der Waals surface area contributed by atoms with Gasteiger partial charge in [-0.05, 0) is 37.3 Å². The second-order valence-corrected chi connectivity index (χ2v) is 7.57. The zero-order valence-electron chi connectivity index (χ0n) is 16.5. The van der Waals surface area contributed by atoms with E-state index in [1.54, 1.807) is 0 Å². The second kappa shape index (κ2) is 7.56. The average Bonchev–Trinajstić information content (AvgIpc) is 3.08. The number of anilines is 1. The molecule has 31 heavy (non-hydrogen) atoms. The molecule has 154 valence electrons. The van der Waals surface area contributed by atoms with E-state index in [-0.39, 0.29) is 23.3 Å². The summed E-state index contributed by atoms with van der Waals surface area (Å²) in [5.74, 6) is 0.247. The number of nitrogens with one attached hydrogen (secondary N) is 1. The smallest absolute Gasteiger partial charge is 0.262 e. The van der Waals surface area contributed by atoms with Crippen LogP contribution in [0.4, 0.5) is 10.1 Å². The van der Waals surface area contributed by atoms with Crippen LogP contribution >= 0.6 is 11.6 Å². The molecule has 3 aromatic carbocycles. The third-order valence-electron chi connectivity index (χ3n) is 5.16. The molecular formula is C24H17ClFN3O2. The molecule has 1 N–H and O–H groups in total. The van der Waals surface area contributed by atoms with Crippen LogP contribution in [-0.4, -0.2) is 21.9 Å². The number of hydrogen-bond donors (Lipinski definition) is 1. The first-order valence-corrected chi connectivity index (χ1v) is 10.1. The molecule has 5 aromatic rings. The number of rotatable bonds is 4. The summed E-state index contributed by atoms with van der Waals surface area (Å²) >= 11 is 5.99. The number of nitrogens with zero attached hydrogens (tertiary/aromatic N) is 2. The molecule has 1 amide bonds. The van der Waals surface area contributed by atoms with Crippen LogP contribution in [0, 0.1) is 12.7 Å². The minimum Gasteiger partial charge on any atom is -0.482 e. The van der Waals surface area contributed by atoms with Gasteiger partial charge in [-0.2, -0.15) is 0 Å². The zero-order chi connectivity index (χ0) is 21.5. The highest BCUT2D eigenvalue weighted by Crippen LogP contribution is 2.36. The summed E-state index contributed by atoms with van der Waals surface area (Å²) in [4.78, 5) is 17.5. The molecule has 0 spiro atoms. The van der Waals surface area contributed by atoms with E-state index in [1.807, 2.05) is 59.9 Å². The molecule has 2 aromatic heterocycles. The van der Waals surface area contributed by atoms with Gasteiger partial charge in [0, 0.05) is 10.8 Å². The first kappa shape index (κ1) is 19.3. The van der Waals surface area contributed by atoms with E-state index in [0.29, 0.717) is 5.69 Å². The second-order valence-electron chi connectivity index (χ2n) is 7.16. The van der Waals surface area contributed by atoms with Gasteiger partial charge in [-0.1, -0.05) is 48.0 Å². The van der Waals surface area contributed by atoms with Gasteiger partial charge in [0.05, 0.1) is 27.3 Å². The number of carbonyl (C=O) groups excluding carboxylic acids is 1. The Balaban J connectivity index is 1.57. The van der Waals surface area contributed by atoms with Gasteiger partial charge in [-0.15, -0.1) is 0 Å². The van der Waals surface area contributed by atoms with Crippen LogP contribution in [0.1, 0.15) is 5.82 Å². The number of hydrogen-bond acceptors (Lipinski definition) is 3. The molecule has 0 saturated carbocycles. The number of carbonyl (C=O) groups is 1. The first-order chi connectivity index (χ1) is 15.0. The normalized spacial score (nSPS) is 11.3. The monoisotopic (exact) mass is 433 g/mol. The SMILES string of the molecule is Cc1nc2ccccc2c2c(NC(=O)COc3ccc(F)cc3Cl)c3ccccc3n12. The van der Waals surface area contributed by atoms with Crippen molar-refractivity contribution in [3.63, 3.8) is 0 Å². The molecule has 7 heteroatoms. The quantitative estimate of drug-likeness (QED) is 0.392. The standard InChI is InChI=1S/C24H17ClFN3O2/c1-14-27-19-8-4-2-6-16(19)24-23(17-7-3-5-9-20(17)29(14)24)28-22(30)13-31-21-11-10-15(26)12-18(21)25/h2-12H,13H2,1H3,(H,28,30). The van der Waals surface area contributed by atoms with Crippen LogP contribution in [0.2, 0.25) is 5.02 Å². The molecule has 2 heterocycles. The van der Waals surface area contributed by atoms with Crippen molar-refractivity contribution in [2.45, 2.75) is 6.92 Å². The number of aromatic nitrogens is 2. The van der Waals surface area contributed by atoms with Gasteiger partial charge in [-0.25, -0.2) is 9.37 Å². The number of benzene rings is 3. The highest BCUT2D eigenvalue weighted by molar-refractivity contribution is 6.32. The van der Waals surface area contributed by atoms with Gasteiger partial charge in [0.15, 0.2) is 6.61 Å². The molecule has 5 rings (SSSR count). The number of para-hydroxylation sites is 2. The largest absolute Gasteiger partial charge is 0.482 e. The highest BCUT2D eigenvalue weighted by Gasteiger charge is 2.19. The lowest BCUT2D eigenvalue weighted by molar-refractivity contribution is -0.118. The summed E-state index contributed by atoms with van der Waals surface area (Å²) in [5.41, 5.74) is 3.36. The van der Waals surface area contributed by atoms with Crippen LogP contribution in [0.25, 0.3) is 27.3 Å². The number of fused-ring (bicyclic) bond motifs is 5. The van der Waals surface area contributed by atoms with Crippen LogP contribution in [0.5, 0.6) is 5.75 Å². The number of ether oxygens (including phenoxy) is 1. The van der Waals surface area contributed by atoms with Crippen molar-refractivity contribution >= 4 is 50.5 Å². The molecule has 5 nitrogen and oxygen atoms in total. The van der Waals surface area contributed by atoms with Gasteiger partial charge in [0.25, 0.3) is 5.91 Å². The molecule has 0 bridgehead atoms. The van der Waals surface area contributed by atoms with E-state index < -0.39 is 5.82 Å². The van der Waals surface area contributed by atoms with E-state index in [9.17, 15) is 9.18 Å². The topological polar surface area (TPSA) is 55.6 Å². The van der Waals surface area contributed by atoms with Gasteiger partial charge >= 0.3 is 0 Å². The fourth-order valence-electron chi connectivity index (χ4n) is 3.86. The Bertz CT molecular complexity index is 1480. The maximum Gasteiger partial charge on any atom is 0.262 e. The van der Waals surface area contributed by atoms with Crippen molar-refractivity contribution in [3.8, 4) is 5.75 Å². The first-order valence-electron chi connectivity index (χ1n) is 9.69. The maximum absolute atomic E-state index is 13.2. The fourth-order valence-corrected chi connectivity index (χ4v) is 4.09. The minimum atomic E-state index is -0.468. The van der Waals surface area contributed by atoms with Gasteiger partial charge in [0.2, 0.25) is 0 Å². The Labute approximate surface area is 182 Å². The van der Waals surface area contributed by atoms with Crippen LogP contribution < -0.4 is 10.1 Å². The summed E-state index contributed by atoms with van der Waals surface area (Å²) in [7, 11) is 0. The predicted molar refractivity (Wildman–Crippen MR) is 120 cm³/mol. The number of aryl methyl sites for hydroxylation is 1. The van der Waals surface area contributed by atoms with Crippen molar-refractivity contribution in [2.75, 3.05) is 11.9 Å². The van der Waals surface area contributed by atoms with E-state index in [4.69, 9.17) is 21.3 Å². The van der Waals surface area contributed by atoms with Crippen LogP contribution in [0.3, 0.4) is 0 Å². The Kier molecular flexibility index (Phi) is 4.71. The summed E-state index contributed by atoms with van der Waals surface area (Å²) in [5, 5.41) is 4.94. The highest BCUT2D eigenvalue weighted by atomic mass is 35.5. The number of halogens is 2. The lowest BCUT2D eigenvalue weighted by Gasteiger charge is -2.10. The molecule has 0 aliphatic carbocycles. The maximum atomic E-state index is 13.2. The van der Waals surface area contributed by atoms with Crippen molar-refractivity contribution < 1.29 is 13.9 Å². The molecule has 0 saturated heterocycles. The zero-order valence-corrected chi connectivity index (χ0v) is 17.3. The molecule has 0 atom stereocenters. The van der Waals surface area contributed by atoms with E-state index in [2.05, 4.69) is 5.32 Å². The summed E-state index contributed by atoms with van der Waals surface area (Å²) < 4.78 is 20.8. The summed E-state index contributed by atoms with van der Waals surface area (Å²) in [6.07, 6.45) is 0. The Morgan fingerprint density at radius 2 is 1.84 bits per heavy atom. The van der Waals surface area contributed by atoms with E-state index in [0.717, 1.165) is 39.2 Å². The third-order valence-corrected chi connectivity index (χ3v) is 5.45. The molecular weight excluding hydrogens is 417 g/mol. The summed E-state index contributed by atoms with van der Waals surface area (Å²) in [6, 6.07) is 19.4. The minimum absolute atomic E-state index is 0.111. The Hall–Kier alpha value is -3.64. The van der Waals surface area contributed by atoms with E-state index in [1.165, 1.54) is 12.1 Å². The van der Waals surface area contributed by atoms with Gasteiger partial charge in [0.1, 0.15) is 17.4 Å². The Morgan fingerprint density at radius 1 is 1.10 bits per heavy atom. The van der Waals surface area contributed by atoms with Crippen LogP contribution in [0.15, 0.2) is 66.7 Å². The van der Waals surface area contributed by atoms with Crippen molar-refractivity contribution in [2.24, 2.45) is 0 Å². The average molecular weight is 434 g/mol. The van der Waals surface area contributed by atoms with Crippen molar-refractivity contribution in [1.29, 1.82) is 0 Å².